The third-order valence-electron chi connectivity index (χ3n) is 5.16. The molecule has 1 aromatic heterocycles. The van der Waals surface area contributed by atoms with Crippen molar-refractivity contribution in [3.05, 3.63) is 59.9 Å². The summed E-state index contributed by atoms with van der Waals surface area (Å²) in [6.45, 7) is 3.19. The molecule has 0 saturated carbocycles. The van der Waals surface area contributed by atoms with Crippen molar-refractivity contribution in [2.45, 2.75) is 43.1 Å². The van der Waals surface area contributed by atoms with Crippen LogP contribution in [0, 0.1) is 5.82 Å². The van der Waals surface area contributed by atoms with E-state index >= 15 is 0 Å². The van der Waals surface area contributed by atoms with E-state index in [4.69, 9.17) is 4.98 Å². The van der Waals surface area contributed by atoms with Gasteiger partial charge in [-0.15, -0.1) is 0 Å². The van der Waals surface area contributed by atoms with Crippen LogP contribution < -0.4 is 0 Å². The van der Waals surface area contributed by atoms with Gasteiger partial charge in [0.1, 0.15) is 5.82 Å². The van der Waals surface area contributed by atoms with Gasteiger partial charge in [0.25, 0.3) is 5.91 Å². The Morgan fingerprint density at radius 2 is 1.93 bits per heavy atom. The Bertz CT molecular complexity index is 1050. The molecule has 7 heteroatoms. The molecule has 4 rings (SSSR count). The third-order valence-corrected chi connectivity index (χ3v) is 6.40. The van der Waals surface area contributed by atoms with E-state index in [1.54, 1.807) is 0 Å². The maximum atomic E-state index is 13.2. The molecule has 2 heterocycles. The van der Waals surface area contributed by atoms with E-state index in [2.05, 4.69) is 11.5 Å². The molecule has 0 aliphatic carbocycles. The molecule has 1 fully saturated rings. The van der Waals surface area contributed by atoms with E-state index in [-0.39, 0.29) is 17.1 Å². The Morgan fingerprint density at radius 3 is 2.69 bits per heavy atom. The molecule has 2 amide bonds. The van der Waals surface area contributed by atoms with Gasteiger partial charge in [0, 0.05) is 18.7 Å². The lowest BCUT2D eigenvalue weighted by Gasteiger charge is -2.22. The molecular weight excluding hydrogens is 389 g/mol. The molecule has 5 nitrogen and oxygen atoms in total. The van der Waals surface area contributed by atoms with Gasteiger partial charge in [-0.05, 0) is 56.2 Å². The quantitative estimate of drug-likeness (QED) is 0.593. The zero-order valence-corrected chi connectivity index (χ0v) is 17.0. The third kappa shape index (κ3) is 3.92. The van der Waals surface area contributed by atoms with Crippen molar-refractivity contribution in [1.29, 1.82) is 0 Å². The molecule has 1 aliphatic rings. The number of hydrogen-bond donors (Lipinski definition) is 0. The highest BCUT2D eigenvalue weighted by Crippen LogP contribution is 2.32. The van der Waals surface area contributed by atoms with E-state index < -0.39 is 5.82 Å². The van der Waals surface area contributed by atoms with Gasteiger partial charge in [0.05, 0.1) is 16.3 Å². The Kier molecular flexibility index (Phi) is 5.67. The smallest absolute Gasteiger partial charge is 0.260 e. The van der Waals surface area contributed by atoms with Crippen molar-refractivity contribution >= 4 is 34.6 Å². The zero-order valence-electron chi connectivity index (χ0n) is 16.2. The molecule has 3 aromatic rings. The molecule has 1 saturated heterocycles. The molecule has 2 aromatic carbocycles. The van der Waals surface area contributed by atoms with E-state index in [1.807, 2.05) is 24.3 Å². The Balaban J connectivity index is 1.60. The fraction of sp³-hybridized carbons (Fsp3) is 0.318. The summed E-state index contributed by atoms with van der Waals surface area (Å²) < 4.78 is 15.3. The number of benzene rings is 2. The summed E-state index contributed by atoms with van der Waals surface area (Å²) in [5.74, 6) is -0.973. The number of amides is 2. The molecule has 1 aliphatic heterocycles. The molecule has 0 radical (unpaired) electrons. The fourth-order valence-electron chi connectivity index (χ4n) is 3.64. The fourth-order valence-corrected chi connectivity index (χ4v) is 4.92. The molecule has 150 valence electrons. The highest BCUT2D eigenvalue weighted by atomic mass is 32.2. The Labute approximate surface area is 172 Å². The number of halogens is 1. The average molecular weight is 412 g/mol. The number of likely N-dealkylation sites (tertiary alicyclic amines) is 1. The summed E-state index contributed by atoms with van der Waals surface area (Å²) in [5, 5.41) is 0.423. The Hall–Kier alpha value is -2.67. The van der Waals surface area contributed by atoms with Gasteiger partial charge in [-0.3, -0.25) is 14.5 Å². The zero-order chi connectivity index (χ0) is 20.4. The van der Waals surface area contributed by atoms with E-state index in [0.717, 1.165) is 35.6 Å². The van der Waals surface area contributed by atoms with Crippen molar-refractivity contribution < 1.29 is 14.0 Å². The normalized spacial score (nSPS) is 17.5. The summed E-state index contributed by atoms with van der Waals surface area (Å²) in [4.78, 5) is 32.1. The first-order valence-corrected chi connectivity index (χ1v) is 10.7. The second-order valence-electron chi connectivity index (χ2n) is 7.03. The molecule has 1 atom stereocenters. The number of nitrogens with zero attached hydrogens (tertiary/aromatic N) is 3. The largest absolute Gasteiger partial charge is 0.319 e. The van der Waals surface area contributed by atoms with E-state index in [9.17, 15) is 14.0 Å². The first-order valence-electron chi connectivity index (χ1n) is 9.81. The Morgan fingerprint density at radius 1 is 1.17 bits per heavy atom. The lowest BCUT2D eigenvalue weighted by molar-refractivity contribution is -0.127. The number of imide groups is 1. The molecule has 0 bridgehead atoms. The number of fused-ring (bicyclic) bond motifs is 1. The van der Waals surface area contributed by atoms with E-state index in [1.165, 1.54) is 40.9 Å². The van der Waals surface area contributed by atoms with Crippen molar-refractivity contribution in [2.24, 2.45) is 0 Å². The highest BCUT2D eigenvalue weighted by molar-refractivity contribution is 8.00. The topological polar surface area (TPSA) is 55.2 Å². The number of hydrogen-bond acceptors (Lipinski definition) is 4. The maximum Gasteiger partial charge on any atom is 0.260 e. The van der Waals surface area contributed by atoms with Gasteiger partial charge in [-0.25, -0.2) is 9.37 Å². The van der Waals surface area contributed by atoms with Crippen LogP contribution in [0.15, 0.2) is 53.7 Å². The van der Waals surface area contributed by atoms with Crippen LogP contribution in [0.3, 0.4) is 0 Å². The van der Waals surface area contributed by atoms with Gasteiger partial charge in [-0.2, -0.15) is 0 Å². The van der Waals surface area contributed by atoms with Gasteiger partial charge >= 0.3 is 0 Å². The molecule has 0 unspecified atom stereocenters. The molecular formula is C22H22FN3O2S. The lowest BCUT2D eigenvalue weighted by atomic mass is 10.2. The predicted octanol–water partition coefficient (Wildman–Crippen LogP) is 4.51. The van der Waals surface area contributed by atoms with Gasteiger partial charge < -0.3 is 4.57 Å². The highest BCUT2D eigenvalue weighted by Gasteiger charge is 2.33. The SMILES string of the molecule is CCn1c(S[C@@H]2CCCCN(C(=O)c3ccc(F)cc3)C2=O)nc2ccccc21. The monoisotopic (exact) mass is 411 g/mol. The van der Waals surface area contributed by atoms with Crippen LogP contribution in [0.4, 0.5) is 4.39 Å². The summed E-state index contributed by atoms with van der Waals surface area (Å²) in [6, 6.07) is 13.2. The van der Waals surface area contributed by atoms with Crippen LogP contribution >= 0.6 is 11.8 Å². The average Bonchev–Trinajstić information content (AvgIpc) is 2.99. The first kappa shape index (κ1) is 19.6. The number of aryl methyl sites for hydroxylation is 1. The second-order valence-corrected chi connectivity index (χ2v) is 8.20. The molecule has 29 heavy (non-hydrogen) atoms. The number of imidazole rings is 1. The van der Waals surface area contributed by atoms with Crippen molar-refractivity contribution in [1.82, 2.24) is 14.5 Å². The number of rotatable bonds is 4. The summed E-state index contributed by atoms with van der Waals surface area (Å²) in [5.41, 5.74) is 2.26. The second kappa shape index (κ2) is 8.37. The maximum absolute atomic E-state index is 13.2. The number of carbonyl (C=O) groups is 2. The van der Waals surface area contributed by atoms with E-state index in [0.29, 0.717) is 18.5 Å². The predicted molar refractivity (Wildman–Crippen MR) is 111 cm³/mol. The minimum atomic E-state index is -0.407. The number of aromatic nitrogens is 2. The standard InChI is InChI=1S/C22H22FN3O2S/c1-2-25-18-8-4-3-7-17(18)24-22(25)29-19-9-5-6-14-26(21(19)28)20(27)15-10-12-16(23)13-11-15/h3-4,7-8,10-13,19H,2,5-6,9,14H2,1H3/t19-/m1/s1. The minimum Gasteiger partial charge on any atom is -0.319 e. The van der Waals surface area contributed by atoms with Crippen LogP contribution in [-0.4, -0.2) is 38.1 Å². The summed E-state index contributed by atoms with van der Waals surface area (Å²) in [7, 11) is 0. The van der Waals surface area contributed by atoms with Crippen LogP contribution in [0.5, 0.6) is 0 Å². The summed E-state index contributed by atoms with van der Waals surface area (Å²) in [6.07, 6.45) is 2.33. The van der Waals surface area contributed by atoms with Gasteiger partial charge in [0.2, 0.25) is 5.91 Å². The van der Waals surface area contributed by atoms with Crippen LogP contribution in [-0.2, 0) is 11.3 Å². The van der Waals surface area contributed by atoms with Crippen LogP contribution in [0.25, 0.3) is 11.0 Å². The lowest BCUT2D eigenvalue weighted by Crippen LogP contribution is -2.41. The number of carbonyl (C=O) groups excluding carboxylic acids is 2. The van der Waals surface area contributed by atoms with Crippen molar-refractivity contribution in [3.8, 4) is 0 Å². The first-order chi connectivity index (χ1) is 14.1. The van der Waals surface area contributed by atoms with Crippen molar-refractivity contribution in [2.75, 3.05) is 6.54 Å². The number of thioether (sulfide) groups is 1. The molecule has 0 spiro atoms. The van der Waals surface area contributed by atoms with Gasteiger partial charge in [-0.1, -0.05) is 30.3 Å². The minimum absolute atomic E-state index is 0.198. The molecule has 0 N–H and O–H groups in total. The number of para-hydroxylation sites is 2. The van der Waals surface area contributed by atoms with Crippen molar-refractivity contribution in [3.63, 3.8) is 0 Å². The van der Waals surface area contributed by atoms with Gasteiger partial charge in [0.15, 0.2) is 5.16 Å². The van der Waals surface area contributed by atoms with Crippen LogP contribution in [0.2, 0.25) is 0 Å². The summed E-state index contributed by atoms with van der Waals surface area (Å²) >= 11 is 1.43. The van der Waals surface area contributed by atoms with Crippen LogP contribution in [0.1, 0.15) is 36.5 Å².